The third-order valence-corrected chi connectivity index (χ3v) is 13.0. The zero-order chi connectivity index (χ0) is 35.1. The summed E-state index contributed by atoms with van der Waals surface area (Å²) < 4.78 is 72.4. The summed E-state index contributed by atoms with van der Waals surface area (Å²) in [6, 6.07) is 7.06. The first-order chi connectivity index (χ1) is 23.5. The lowest BCUT2D eigenvalue weighted by atomic mass is 9.84. The van der Waals surface area contributed by atoms with Gasteiger partial charge in [0.2, 0.25) is 0 Å². The number of nitriles is 1. The van der Waals surface area contributed by atoms with Gasteiger partial charge in [0.05, 0.1) is 13.2 Å². The molecule has 0 aromatic heterocycles. The number of methoxy groups -OCH3 is 1. The second-order valence-electron chi connectivity index (χ2n) is 12.4. The molecule has 3 aliphatic heterocycles. The van der Waals surface area contributed by atoms with Gasteiger partial charge in [-0.2, -0.15) is 5.26 Å². The van der Waals surface area contributed by atoms with Crippen LogP contribution in [0.15, 0.2) is 47.2 Å². The van der Waals surface area contributed by atoms with Crippen molar-refractivity contribution in [2.45, 2.75) is 18.8 Å². The highest BCUT2D eigenvalue weighted by atomic mass is 28.3. The molecule has 2 aromatic carbocycles. The predicted octanol–water partition coefficient (Wildman–Crippen LogP) is 4.10. The number of aromatic carboxylic acids is 1. The van der Waals surface area contributed by atoms with Gasteiger partial charge in [0.1, 0.15) is 26.9 Å². The van der Waals surface area contributed by atoms with Gasteiger partial charge < -0.3 is 24.2 Å². The van der Waals surface area contributed by atoms with Gasteiger partial charge in [-0.15, -0.1) is 0 Å². The Kier molecular flexibility index (Phi) is 9.37. The van der Waals surface area contributed by atoms with Crippen molar-refractivity contribution in [1.29, 1.82) is 5.26 Å². The summed E-state index contributed by atoms with van der Waals surface area (Å²) in [5.74, 6) is -7.44. The van der Waals surface area contributed by atoms with Crippen molar-refractivity contribution >= 4 is 36.2 Å². The van der Waals surface area contributed by atoms with E-state index in [4.69, 9.17) is 25.5 Å². The van der Waals surface area contributed by atoms with Crippen molar-refractivity contribution in [3.63, 3.8) is 0 Å². The van der Waals surface area contributed by atoms with Crippen LogP contribution in [0, 0.1) is 35.4 Å². The van der Waals surface area contributed by atoms with Crippen LogP contribution in [0.5, 0.6) is 0 Å². The molecule has 10 nitrogen and oxygen atoms in total. The standard InChI is InChI=1S/C35H33F3N4O6Si/c1-40-35(19-39,48-20-45-2)30-31(36)28(29(34(43)44)32(37)33(30)38)27-23-7-5-21(41-9-13-46-14-10-41)17-25(23)49(3,4)26-18-22(6-8-24(26)27)42-11-15-47-16-12-42/h5-8,17-18H,9-16,20H2,2-4H3/p+1. The maximum atomic E-state index is 17.2. The van der Waals surface area contributed by atoms with E-state index >= 15 is 13.2 Å². The van der Waals surface area contributed by atoms with Gasteiger partial charge in [0, 0.05) is 43.6 Å². The lowest BCUT2D eigenvalue weighted by Crippen LogP contribution is -2.50. The fourth-order valence-corrected chi connectivity index (χ4v) is 10.0. The van der Waals surface area contributed by atoms with E-state index in [1.165, 1.54) is 13.2 Å². The number of benzene rings is 2. The minimum absolute atomic E-state index is 0.0116. The molecule has 6 rings (SSSR count). The Hall–Kier alpha value is -4.57. The molecule has 14 heteroatoms. The first-order valence-electron chi connectivity index (χ1n) is 15.7. The Labute approximate surface area is 282 Å². The highest BCUT2D eigenvalue weighted by Gasteiger charge is 2.51. The van der Waals surface area contributed by atoms with Crippen LogP contribution in [-0.2, 0) is 24.7 Å². The number of allylic oxidation sites excluding steroid dienone is 5. The molecule has 1 aliphatic carbocycles. The number of nitrogens with zero attached hydrogens (tertiary/aromatic N) is 4. The van der Waals surface area contributed by atoms with E-state index in [1.807, 2.05) is 24.3 Å². The number of hydrogen-bond donors (Lipinski definition) is 1. The lowest BCUT2D eigenvalue weighted by Gasteiger charge is -2.39. The average molecular weight is 692 g/mol. The minimum Gasteiger partial charge on any atom is -0.478 e. The van der Waals surface area contributed by atoms with Crippen LogP contribution in [0.3, 0.4) is 0 Å². The molecule has 2 fully saturated rings. The Morgan fingerprint density at radius 3 is 2.45 bits per heavy atom. The number of carboxylic acid groups (broad SMARTS) is 1. The van der Waals surface area contributed by atoms with E-state index in [2.05, 4.69) is 27.4 Å². The molecule has 0 spiro atoms. The molecule has 0 saturated carbocycles. The van der Waals surface area contributed by atoms with E-state index in [1.54, 1.807) is 12.1 Å². The molecule has 254 valence electrons. The van der Waals surface area contributed by atoms with Gasteiger partial charge in [0.15, 0.2) is 54.7 Å². The Balaban J connectivity index is 1.72. The van der Waals surface area contributed by atoms with Gasteiger partial charge in [-0.3, -0.25) is 9.58 Å². The molecular formula is C35H34F3N4O6Si+. The molecule has 0 bridgehead atoms. The predicted molar refractivity (Wildman–Crippen MR) is 176 cm³/mol. The summed E-state index contributed by atoms with van der Waals surface area (Å²) in [5, 5.41) is 22.0. The lowest BCUT2D eigenvalue weighted by molar-refractivity contribution is -0.547. The van der Waals surface area contributed by atoms with Crippen molar-refractivity contribution < 1.29 is 46.6 Å². The van der Waals surface area contributed by atoms with E-state index in [0.29, 0.717) is 63.7 Å². The third kappa shape index (κ3) is 5.69. The maximum absolute atomic E-state index is 17.2. The molecule has 1 unspecified atom stereocenters. The maximum Gasteiger partial charge on any atom is 0.460 e. The quantitative estimate of drug-likeness (QED) is 0.152. The summed E-state index contributed by atoms with van der Waals surface area (Å²) in [4.78, 5) is 18.0. The van der Waals surface area contributed by atoms with E-state index in [0.717, 1.165) is 21.8 Å². The second kappa shape index (κ2) is 13.4. The molecule has 4 aliphatic rings. The molecule has 49 heavy (non-hydrogen) atoms. The van der Waals surface area contributed by atoms with Gasteiger partial charge >= 0.3 is 11.7 Å². The summed E-state index contributed by atoms with van der Waals surface area (Å²) in [6.45, 7) is 16.0. The fourth-order valence-electron chi connectivity index (χ4n) is 6.94. The molecule has 3 heterocycles. The number of ether oxygens (including phenoxy) is 4. The first-order valence-corrected chi connectivity index (χ1v) is 18.7. The third-order valence-electron chi connectivity index (χ3n) is 9.46. The van der Waals surface area contributed by atoms with Crippen molar-refractivity contribution in [2.75, 3.05) is 71.4 Å². The number of carboxylic acids is 1. The first kappa shape index (κ1) is 34.3. The van der Waals surface area contributed by atoms with E-state index < -0.39 is 60.7 Å². The van der Waals surface area contributed by atoms with Crippen molar-refractivity contribution in [3.05, 3.63) is 98.3 Å². The largest absolute Gasteiger partial charge is 0.478 e. The number of anilines is 1. The number of carbonyl (C=O) groups is 1. The van der Waals surface area contributed by atoms with Crippen LogP contribution in [-0.4, -0.2) is 95.9 Å². The van der Waals surface area contributed by atoms with Crippen LogP contribution in [0.1, 0.15) is 27.0 Å². The second-order valence-corrected chi connectivity index (χ2v) is 16.8. The smallest absolute Gasteiger partial charge is 0.460 e. The Bertz CT molecular complexity index is 1930. The summed E-state index contributed by atoms with van der Waals surface area (Å²) in [5.41, 5.74) is -3.73. The molecule has 0 radical (unpaired) electrons. The summed E-state index contributed by atoms with van der Waals surface area (Å²) in [6.07, 6.45) is 5.60. The Morgan fingerprint density at radius 2 is 1.82 bits per heavy atom. The normalized spacial score (nSPS) is 19.8. The summed E-state index contributed by atoms with van der Waals surface area (Å²) >= 11 is 0. The van der Waals surface area contributed by atoms with Crippen LogP contribution in [0.25, 0.3) is 10.4 Å². The monoisotopic (exact) mass is 691 g/mol. The Morgan fingerprint density at radius 1 is 1.12 bits per heavy atom. The van der Waals surface area contributed by atoms with E-state index in [-0.39, 0.29) is 5.57 Å². The van der Waals surface area contributed by atoms with Crippen LogP contribution >= 0.6 is 0 Å². The van der Waals surface area contributed by atoms with Crippen LogP contribution < -0.4 is 10.1 Å². The van der Waals surface area contributed by atoms with Gasteiger partial charge in [-0.25, -0.2) is 29.1 Å². The van der Waals surface area contributed by atoms with Gasteiger partial charge in [-0.05, 0) is 45.3 Å². The minimum atomic E-state index is -3.02. The SMILES string of the molecule is [C-]#[N+]C(C#N)(OCOC)c1c(F)c(F)c(C(=O)O)c(C2=C3C=CC(=[N+]4CCOCC4)C=C3[Si](C)(C)c3cc(N4CCOCC4)ccc32)c1F. The molecule has 2 aromatic rings. The molecule has 1 N–H and O–H groups in total. The topological polar surface area (TPSA) is 109 Å². The van der Waals surface area contributed by atoms with Gasteiger partial charge in [-0.1, -0.05) is 19.2 Å². The number of halogens is 3. The zero-order valence-corrected chi connectivity index (χ0v) is 28.2. The highest BCUT2D eigenvalue weighted by Crippen LogP contribution is 2.46. The van der Waals surface area contributed by atoms with Crippen LogP contribution in [0.2, 0.25) is 13.1 Å². The molecule has 1 atom stereocenters. The van der Waals surface area contributed by atoms with Crippen LogP contribution in [0.4, 0.5) is 18.9 Å². The molecule has 0 amide bonds. The van der Waals surface area contributed by atoms with Crippen molar-refractivity contribution in [1.82, 2.24) is 0 Å². The van der Waals surface area contributed by atoms with Crippen molar-refractivity contribution in [2.24, 2.45) is 0 Å². The molecular weight excluding hydrogens is 657 g/mol. The zero-order valence-electron chi connectivity index (χ0n) is 27.2. The highest BCUT2D eigenvalue weighted by molar-refractivity contribution is 6.98. The number of fused-ring (bicyclic) bond motifs is 2. The number of morpholine rings is 2. The number of rotatable bonds is 7. The average Bonchev–Trinajstić information content (AvgIpc) is 3.12. The fraction of sp³-hybridized carbons (Fsp3) is 0.371. The summed E-state index contributed by atoms with van der Waals surface area (Å²) in [7, 11) is -1.51. The van der Waals surface area contributed by atoms with E-state index in [9.17, 15) is 15.2 Å². The molecule has 2 saturated heterocycles. The number of hydrogen-bond acceptors (Lipinski definition) is 7. The van der Waals surface area contributed by atoms with Gasteiger partial charge in [0.25, 0.3) is 0 Å². The van der Waals surface area contributed by atoms with Crippen molar-refractivity contribution in [3.8, 4) is 6.07 Å².